The molecular formula is C50H76Cl4FN13O6Si2. The van der Waals surface area contributed by atoms with Gasteiger partial charge in [0, 0.05) is 86.2 Å². The third kappa shape index (κ3) is 19.8. The lowest BCUT2D eigenvalue weighted by Gasteiger charge is -2.34. The van der Waals surface area contributed by atoms with E-state index in [1.807, 2.05) is 52.3 Å². The van der Waals surface area contributed by atoms with Crippen LogP contribution in [0.25, 0.3) is 33.1 Å². The summed E-state index contributed by atoms with van der Waals surface area (Å²) in [6, 6.07) is 2.35. The van der Waals surface area contributed by atoms with Crippen LogP contribution in [0.1, 0.15) is 67.2 Å². The molecule has 0 aliphatic carbocycles. The minimum Gasteiger partial charge on any atom is -0.444 e. The number of carbonyl (C=O) groups is 2. The molecule has 2 atom stereocenters. The molecule has 2 aliphatic rings. The number of amides is 2. The molecule has 6 aromatic heterocycles. The largest absolute Gasteiger partial charge is 0.444 e. The number of anilines is 1. The van der Waals surface area contributed by atoms with E-state index in [0.29, 0.717) is 70.7 Å². The average molecular weight is 1170 g/mol. The molecule has 2 amide bonds. The fourth-order valence-corrected chi connectivity index (χ4v) is 10.2. The number of hydrogen-bond acceptors (Lipinski definition) is 14. The molecule has 0 saturated carbocycles. The van der Waals surface area contributed by atoms with E-state index in [1.54, 1.807) is 20.6 Å². The van der Waals surface area contributed by atoms with Crippen molar-refractivity contribution in [2.24, 2.45) is 5.73 Å². The van der Waals surface area contributed by atoms with Crippen molar-refractivity contribution in [1.82, 2.24) is 53.8 Å². The second kappa shape index (κ2) is 27.5. The van der Waals surface area contributed by atoms with Crippen LogP contribution in [-0.2, 0) is 32.4 Å². The summed E-state index contributed by atoms with van der Waals surface area (Å²) in [7, 11) is -2.25. The van der Waals surface area contributed by atoms with Crippen molar-refractivity contribution in [2.45, 2.75) is 155 Å². The molecule has 8 heterocycles. The fraction of sp³-hybridized carbons (Fsp3) is 0.600. The standard InChI is InChI=1S/C22H36ClN5O3Si.C12H17ClFN3OSi.C10H20N2O2.C6H3Cl2N3/c1-22(2,3)31-21(29)27-9-7-8-16(12-27)26-19-18-17(23)13-28(20(18)25-14-24-19)15-30-10-11-32(4,5)6;1-19(2,3)5-4-18-8-17-6-9(14)10-11(13)15-7-16-12(10)17;1-10(2,3)14-9(13)12-6-4-5-8(11)7-12;7-3-1-9-6-4(3)5(8)10-2-11-6/h13-14,16H,7-12,15H2,1-6H3,(H,24,25,26);6-7H,4-5,8H2,1-3H3;8H,4-7,11H2,1-3H3;1-2H,(H,9,10,11)/t16-;;8-;/m1.1./s1. The number of aromatic nitrogens is 9. The van der Waals surface area contributed by atoms with Gasteiger partial charge in [-0.25, -0.2) is 43.9 Å². The first kappa shape index (κ1) is 62.4. The number of H-pyrrole nitrogens is 1. The maximum atomic E-state index is 13.7. The van der Waals surface area contributed by atoms with Gasteiger partial charge in [-0.2, -0.15) is 0 Å². The van der Waals surface area contributed by atoms with Gasteiger partial charge in [-0.05, 0) is 79.3 Å². The predicted molar refractivity (Wildman–Crippen MR) is 307 cm³/mol. The van der Waals surface area contributed by atoms with Gasteiger partial charge in [0.05, 0.1) is 26.2 Å². The minimum atomic E-state index is -1.14. The zero-order valence-corrected chi connectivity index (χ0v) is 50.9. The molecule has 0 radical (unpaired) electrons. The first-order valence-corrected chi connectivity index (χ1v) is 34.3. The highest BCUT2D eigenvalue weighted by molar-refractivity contribution is 6.76. The third-order valence-electron chi connectivity index (χ3n) is 11.5. The summed E-state index contributed by atoms with van der Waals surface area (Å²) >= 11 is 24.0. The summed E-state index contributed by atoms with van der Waals surface area (Å²) in [6.45, 7) is 29.8. The van der Waals surface area contributed by atoms with Crippen LogP contribution in [0.2, 0.25) is 71.7 Å². The van der Waals surface area contributed by atoms with Gasteiger partial charge in [0.15, 0.2) is 5.82 Å². The summed E-state index contributed by atoms with van der Waals surface area (Å²) in [6.07, 6.45) is 12.3. The number of halogens is 5. The molecule has 76 heavy (non-hydrogen) atoms. The topological polar surface area (TPSA) is 219 Å². The number of aromatic amines is 1. The van der Waals surface area contributed by atoms with Gasteiger partial charge in [0.2, 0.25) is 0 Å². The molecule has 8 rings (SSSR count). The number of piperidine rings is 2. The van der Waals surface area contributed by atoms with E-state index >= 15 is 0 Å². The van der Waals surface area contributed by atoms with Crippen LogP contribution >= 0.6 is 46.4 Å². The summed E-state index contributed by atoms with van der Waals surface area (Å²) in [5.74, 6) is 0.256. The molecular weight excluding hydrogens is 1100 g/mol. The van der Waals surface area contributed by atoms with Crippen molar-refractivity contribution in [3.63, 3.8) is 0 Å². The van der Waals surface area contributed by atoms with Crippen molar-refractivity contribution in [1.29, 1.82) is 0 Å². The van der Waals surface area contributed by atoms with Gasteiger partial charge in [0.25, 0.3) is 0 Å². The summed E-state index contributed by atoms with van der Waals surface area (Å²) < 4.78 is 39.5. The SMILES string of the molecule is CC(C)(C)OC(=O)N1CCC[C@@H](N)C1.CC(C)(C)OC(=O)N1CCC[C@@H](Nc2ncnc3c2c(Cl)cn3COCC[Si](C)(C)C)C1.C[Si](C)(C)CCOCn1cc(F)c2c(Cl)ncnc21.Clc1c[nH]c2ncnc(Cl)c12. The van der Waals surface area contributed by atoms with Crippen LogP contribution in [-0.4, -0.2) is 145 Å². The Labute approximate surface area is 467 Å². The molecule has 19 nitrogen and oxygen atoms in total. The highest BCUT2D eigenvalue weighted by Gasteiger charge is 2.29. The number of ether oxygens (including phenoxy) is 4. The van der Waals surface area contributed by atoms with Crippen molar-refractivity contribution in [2.75, 3.05) is 44.7 Å². The van der Waals surface area contributed by atoms with Gasteiger partial charge in [-0.15, -0.1) is 0 Å². The maximum absolute atomic E-state index is 13.7. The molecule has 420 valence electrons. The molecule has 6 aromatic rings. The first-order valence-electron chi connectivity index (χ1n) is 25.4. The molecule has 0 aromatic carbocycles. The second-order valence-corrected chi connectivity index (χ2v) is 35.9. The van der Waals surface area contributed by atoms with E-state index < -0.39 is 33.2 Å². The highest BCUT2D eigenvalue weighted by Crippen LogP contribution is 2.32. The van der Waals surface area contributed by atoms with E-state index in [1.165, 1.54) is 25.2 Å². The Morgan fingerprint density at radius 1 is 0.697 bits per heavy atom. The van der Waals surface area contributed by atoms with E-state index in [9.17, 15) is 14.0 Å². The molecule has 26 heteroatoms. The number of nitrogens with zero attached hydrogens (tertiary/aromatic N) is 10. The number of likely N-dealkylation sites (tertiary alicyclic amines) is 2. The van der Waals surface area contributed by atoms with Gasteiger partial charge < -0.3 is 53.9 Å². The Morgan fingerprint density at radius 2 is 1.20 bits per heavy atom. The fourth-order valence-electron chi connectivity index (χ4n) is 7.68. The number of rotatable bonds is 12. The number of hydrogen-bond donors (Lipinski definition) is 3. The van der Waals surface area contributed by atoms with Crippen LogP contribution < -0.4 is 11.1 Å². The Morgan fingerprint density at radius 3 is 1.74 bits per heavy atom. The zero-order valence-electron chi connectivity index (χ0n) is 45.9. The van der Waals surface area contributed by atoms with Gasteiger partial charge in [-0.3, -0.25) is 0 Å². The van der Waals surface area contributed by atoms with Crippen LogP contribution in [0.3, 0.4) is 0 Å². The number of carbonyl (C=O) groups excluding carboxylic acids is 2. The smallest absolute Gasteiger partial charge is 0.410 e. The highest BCUT2D eigenvalue weighted by atomic mass is 35.5. The van der Waals surface area contributed by atoms with Crippen LogP contribution in [0.15, 0.2) is 37.6 Å². The molecule has 4 N–H and O–H groups in total. The van der Waals surface area contributed by atoms with Crippen molar-refractivity contribution < 1.29 is 32.9 Å². The molecule has 0 unspecified atom stereocenters. The van der Waals surface area contributed by atoms with Crippen LogP contribution in [0, 0.1) is 5.82 Å². The molecule has 2 aliphatic heterocycles. The maximum Gasteiger partial charge on any atom is 0.410 e. The van der Waals surface area contributed by atoms with Crippen molar-refractivity contribution >= 4 is 114 Å². The number of nitrogens with one attached hydrogen (secondary N) is 2. The Bertz CT molecular complexity index is 2850. The monoisotopic (exact) mass is 1170 g/mol. The number of fused-ring (bicyclic) bond motifs is 3. The third-order valence-corrected chi connectivity index (χ3v) is 16.1. The van der Waals surface area contributed by atoms with Crippen LogP contribution in [0.4, 0.5) is 19.8 Å². The van der Waals surface area contributed by atoms with E-state index in [0.717, 1.165) is 62.0 Å². The normalized spacial score (nSPS) is 16.3. The average Bonchev–Trinajstić information content (AvgIpc) is 3.98. The van der Waals surface area contributed by atoms with Crippen LogP contribution in [0.5, 0.6) is 0 Å². The Kier molecular flexibility index (Phi) is 22.6. The second-order valence-electron chi connectivity index (χ2n) is 23.1. The summed E-state index contributed by atoms with van der Waals surface area (Å²) in [5, 5.41) is 6.81. The van der Waals surface area contributed by atoms with Crippen molar-refractivity contribution in [3.05, 3.63) is 63.7 Å². The van der Waals surface area contributed by atoms with Gasteiger partial charge >= 0.3 is 12.2 Å². The lowest BCUT2D eigenvalue weighted by molar-refractivity contribution is 0.0193. The van der Waals surface area contributed by atoms with E-state index in [2.05, 4.69) is 79.5 Å². The number of nitrogens with two attached hydrogens (primary N) is 1. The quantitative estimate of drug-likeness (QED) is 0.0590. The molecule has 0 bridgehead atoms. The minimum absolute atomic E-state index is 0.0572. The van der Waals surface area contributed by atoms with Gasteiger partial charge in [0.1, 0.15) is 76.7 Å². The summed E-state index contributed by atoms with van der Waals surface area (Å²) in [4.78, 5) is 54.8. The lowest BCUT2D eigenvalue weighted by Crippen LogP contribution is -2.47. The summed E-state index contributed by atoms with van der Waals surface area (Å²) in [5.41, 5.74) is 6.71. The molecule has 0 spiro atoms. The predicted octanol–water partition coefficient (Wildman–Crippen LogP) is 12.4. The molecule has 2 saturated heterocycles. The van der Waals surface area contributed by atoms with Crippen molar-refractivity contribution in [3.8, 4) is 0 Å². The zero-order chi connectivity index (χ0) is 56.2. The molecule has 2 fully saturated rings. The lowest BCUT2D eigenvalue weighted by atomic mass is 10.1. The van der Waals surface area contributed by atoms with E-state index in [-0.39, 0.29) is 41.5 Å². The van der Waals surface area contributed by atoms with Gasteiger partial charge in [-0.1, -0.05) is 85.7 Å². The van der Waals surface area contributed by atoms with E-state index in [4.69, 9.17) is 71.1 Å². The Hall–Kier alpha value is -4.40. The first-order chi connectivity index (χ1) is 35.5. The Balaban J connectivity index is 0.000000205.